The molecule has 15 heavy (non-hydrogen) atoms. The molecule has 0 aliphatic carbocycles. The predicted molar refractivity (Wildman–Crippen MR) is 60.3 cm³/mol. The van der Waals surface area contributed by atoms with Crippen LogP contribution in [0.4, 0.5) is 0 Å². The Morgan fingerprint density at radius 1 is 1.07 bits per heavy atom. The Balaban J connectivity index is 2.26. The monoisotopic (exact) mass is 197 g/mol. The average Bonchev–Trinajstić information content (AvgIpc) is 2.26. The van der Waals surface area contributed by atoms with Gasteiger partial charge in [0.05, 0.1) is 6.54 Å². The lowest BCUT2D eigenvalue weighted by atomic mass is 9.99. The van der Waals surface area contributed by atoms with Gasteiger partial charge in [0, 0.05) is 6.20 Å². The predicted octanol–water partition coefficient (Wildman–Crippen LogP) is 3.02. The van der Waals surface area contributed by atoms with Gasteiger partial charge in [-0.1, -0.05) is 24.3 Å². The molecule has 1 aliphatic heterocycles. The third-order valence-electron chi connectivity index (χ3n) is 2.77. The molecule has 1 N–H and O–H groups in total. The fourth-order valence-corrected chi connectivity index (χ4v) is 1.99. The van der Waals surface area contributed by atoms with Crippen LogP contribution in [0.5, 0.6) is 0 Å². The number of hydrogen-bond donors (Lipinski definition) is 1. The van der Waals surface area contributed by atoms with Gasteiger partial charge in [0.15, 0.2) is 0 Å². The second-order valence-corrected chi connectivity index (χ2v) is 3.81. The van der Waals surface area contributed by atoms with E-state index in [0.717, 1.165) is 0 Å². The van der Waals surface area contributed by atoms with Crippen molar-refractivity contribution < 1.29 is 5.21 Å². The van der Waals surface area contributed by atoms with E-state index in [2.05, 4.69) is 24.3 Å². The van der Waals surface area contributed by atoms with Crippen molar-refractivity contribution in [2.45, 2.75) is 6.54 Å². The van der Waals surface area contributed by atoms with E-state index in [1.165, 1.54) is 27.0 Å². The molecular weight excluding hydrogens is 186 g/mol. The Morgan fingerprint density at radius 3 is 2.60 bits per heavy atom. The van der Waals surface area contributed by atoms with E-state index in [0.29, 0.717) is 6.54 Å². The summed E-state index contributed by atoms with van der Waals surface area (Å²) in [7, 11) is 0. The highest BCUT2D eigenvalue weighted by molar-refractivity contribution is 5.86. The number of hydrogen-bond acceptors (Lipinski definition) is 2. The summed E-state index contributed by atoms with van der Waals surface area (Å²) in [4.78, 5) is 0. The largest absolute Gasteiger partial charge is 0.289 e. The molecule has 1 heterocycles. The lowest BCUT2D eigenvalue weighted by Crippen LogP contribution is -2.14. The van der Waals surface area contributed by atoms with E-state index in [-0.39, 0.29) is 0 Å². The van der Waals surface area contributed by atoms with Gasteiger partial charge >= 0.3 is 0 Å². The molecule has 0 spiro atoms. The van der Waals surface area contributed by atoms with Gasteiger partial charge in [0.1, 0.15) is 0 Å². The van der Waals surface area contributed by atoms with E-state index in [4.69, 9.17) is 0 Å². The second kappa shape index (κ2) is 3.11. The van der Waals surface area contributed by atoms with E-state index in [1.807, 2.05) is 18.2 Å². The SMILES string of the molecule is ON1C=Cc2cc3ccccc3cc2C1. The standard InChI is InChI=1S/C13H11NO/c15-14-6-5-12-7-10-3-1-2-4-11(10)8-13(12)9-14/h1-8,15H,9H2. The van der Waals surface area contributed by atoms with E-state index >= 15 is 0 Å². The van der Waals surface area contributed by atoms with Crippen LogP contribution in [0.15, 0.2) is 42.6 Å². The van der Waals surface area contributed by atoms with Gasteiger partial charge in [-0.2, -0.15) is 0 Å². The zero-order valence-electron chi connectivity index (χ0n) is 8.22. The summed E-state index contributed by atoms with van der Waals surface area (Å²) < 4.78 is 0. The molecule has 0 amide bonds. The lowest BCUT2D eigenvalue weighted by Gasteiger charge is -2.19. The Labute approximate surface area is 88.0 Å². The van der Waals surface area contributed by atoms with Gasteiger partial charge in [-0.15, -0.1) is 0 Å². The molecule has 74 valence electrons. The lowest BCUT2D eigenvalue weighted by molar-refractivity contribution is -0.0494. The maximum atomic E-state index is 9.37. The summed E-state index contributed by atoms with van der Waals surface area (Å²) in [5.41, 5.74) is 2.36. The van der Waals surface area contributed by atoms with Crippen molar-refractivity contribution in [2.24, 2.45) is 0 Å². The molecule has 1 aliphatic rings. The molecule has 0 atom stereocenters. The number of rotatable bonds is 0. The fourth-order valence-electron chi connectivity index (χ4n) is 1.99. The molecule has 0 aromatic heterocycles. The first-order valence-electron chi connectivity index (χ1n) is 4.98. The molecule has 2 aromatic carbocycles. The average molecular weight is 197 g/mol. The Bertz CT molecular complexity index is 545. The first kappa shape index (κ1) is 8.50. The van der Waals surface area contributed by atoms with E-state index in [9.17, 15) is 5.21 Å². The molecule has 0 fully saturated rings. The van der Waals surface area contributed by atoms with Crippen molar-refractivity contribution >= 4 is 16.8 Å². The van der Waals surface area contributed by atoms with E-state index < -0.39 is 0 Å². The van der Waals surface area contributed by atoms with E-state index in [1.54, 1.807) is 6.20 Å². The molecule has 0 radical (unpaired) electrons. The van der Waals surface area contributed by atoms with Crippen molar-refractivity contribution in [3.05, 3.63) is 53.7 Å². The molecule has 0 unspecified atom stereocenters. The number of benzene rings is 2. The van der Waals surface area contributed by atoms with Crippen LogP contribution in [0.3, 0.4) is 0 Å². The highest BCUT2D eigenvalue weighted by atomic mass is 16.5. The zero-order valence-corrected chi connectivity index (χ0v) is 8.22. The summed E-state index contributed by atoms with van der Waals surface area (Å²) in [6, 6.07) is 12.6. The van der Waals surface area contributed by atoms with Crippen LogP contribution in [0.2, 0.25) is 0 Å². The highest BCUT2D eigenvalue weighted by Crippen LogP contribution is 2.24. The topological polar surface area (TPSA) is 23.5 Å². The van der Waals surface area contributed by atoms with Crippen LogP contribution >= 0.6 is 0 Å². The molecule has 2 nitrogen and oxygen atoms in total. The van der Waals surface area contributed by atoms with Crippen molar-refractivity contribution in [3.63, 3.8) is 0 Å². The maximum Gasteiger partial charge on any atom is 0.0702 e. The molecule has 0 bridgehead atoms. The summed E-state index contributed by atoms with van der Waals surface area (Å²) in [6.45, 7) is 0.566. The third kappa shape index (κ3) is 1.39. The number of fused-ring (bicyclic) bond motifs is 2. The molecule has 2 aromatic rings. The minimum atomic E-state index is 0.566. The van der Waals surface area contributed by atoms with Crippen molar-refractivity contribution in [1.82, 2.24) is 5.06 Å². The van der Waals surface area contributed by atoms with Crippen LogP contribution < -0.4 is 0 Å². The number of nitrogens with zero attached hydrogens (tertiary/aromatic N) is 1. The highest BCUT2D eigenvalue weighted by Gasteiger charge is 2.09. The Morgan fingerprint density at radius 2 is 1.80 bits per heavy atom. The van der Waals surface area contributed by atoms with Crippen LogP contribution in [-0.2, 0) is 6.54 Å². The van der Waals surface area contributed by atoms with Gasteiger partial charge < -0.3 is 0 Å². The first-order valence-corrected chi connectivity index (χ1v) is 4.98. The van der Waals surface area contributed by atoms with Crippen molar-refractivity contribution in [2.75, 3.05) is 0 Å². The van der Waals surface area contributed by atoms with Crippen molar-refractivity contribution in [1.29, 1.82) is 0 Å². The fraction of sp³-hybridized carbons (Fsp3) is 0.0769. The van der Waals surface area contributed by atoms with Crippen LogP contribution in [0, 0.1) is 0 Å². The summed E-state index contributed by atoms with van der Waals surface area (Å²) >= 11 is 0. The minimum absolute atomic E-state index is 0.566. The minimum Gasteiger partial charge on any atom is -0.289 e. The summed E-state index contributed by atoms with van der Waals surface area (Å²) in [6.07, 6.45) is 3.63. The molecule has 0 saturated carbocycles. The van der Waals surface area contributed by atoms with Gasteiger partial charge in [-0.25, -0.2) is 0 Å². The van der Waals surface area contributed by atoms with Crippen LogP contribution in [0.1, 0.15) is 11.1 Å². The summed E-state index contributed by atoms with van der Waals surface area (Å²) in [5.74, 6) is 0. The second-order valence-electron chi connectivity index (χ2n) is 3.81. The zero-order chi connectivity index (χ0) is 10.3. The first-order chi connectivity index (χ1) is 7.33. The smallest absolute Gasteiger partial charge is 0.0702 e. The third-order valence-corrected chi connectivity index (χ3v) is 2.77. The Kier molecular flexibility index (Phi) is 1.76. The van der Waals surface area contributed by atoms with Gasteiger partial charge in [0.25, 0.3) is 0 Å². The van der Waals surface area contributed by atoms with Crippen LogP contribution in [0.25, 0.3) is 16.8 Å². The molecule has 2 heteroatoms. The number of hydroxylamine groups is 2. The van der Waals surface area contributed by atoms with Crippen molar-refractivity contribution in [3.8, 4) is 0 Å². The van der Waals surface area contributed by atoms with Gasteiger partial charge in [-0.3, -0.25) is 10.3 Å². The normalized spacial score (nSPS) is 14.3. The van der Waals surface area contributed by atoms with Gasteiger partial charge in [-0.05, 0) is 40.1 Å². The van der Waals surface area contributed by atoms with Crippen LogP contribution in [-0.4, -0.2) is 10.3 Å². The molecule has 0 saturated heterocycles. The van der Waals surface area contributed by atoms with Gasteiger partial charge in [0.2, 0.25) is 0 Å². The molecule has 3 rings (SSSR count). The quantitative estimate of drug-likeness (QED) is 0.701. The molecular formula is C13H11NO. The Hall–Kier alpha value is -1.80. The maximum absolute atomic E-state index is 9.37. The summed E-state index contributed by atoms with van der Waals surface area (Å²) in [5, 5.41) is 13.0.